The van der Waals surface area contributed by atoms with E-state index >= 15 is 0 Å². The molecule has 0 aliphatic carbocycles. The van der Waals surface area contributed by atoms with E-state index in [0.717, 1.165) is 27.6 Å². The molecule has 4 heteroatoms. The van der Waals surface area contributed by atoms with Crippen LogP contribution >= 0.6 is 6.04 Å². The van der Waals surface area contributed by atoms with Gasteiger partial charge in [-0.3, -0.25) is 4.40 Å². The molecule has 0 fully saturated rings. The van der Waals surface area contributed by atoms with Crippen molar-refractivity contribution >= 4 is 82.9 Å². The van der Waals surface area contributed by atoms with E-state index in [4.69, 9.17) is 16.8 Å². The van der Waals surface area contributed by atoms with Crippen LogP contribution in [0, 0.1) is 0 Å². The maximum absolute atomic E-state index is 6.71. The summed E-state index contributed by atoms with van der Waals surface area (Å²) in [5.41, 5.74) is 4.22. The first-order valence-electron chi connectivity index (χ1n) is 13.1. The lowest BCUT2D eigenvalue weighted by atomic mass is 10.0. The number of pyridine rings is 1. The molecule has 0 radical (unpaired) electrons. The van der Waals surface area contributed by atoms with Crippen LogP contribution in [0.25, 0.3) is 49.1 Å². The summed E-state index contributed by atoms with van der Waals surface area (Å²) >= 11 is 6.71. The number of nitrogens with zero attached hydrogens (tertiary/aromatic N) is 2. The number of para-hydroxylation sites is 2. The van der Waals surface area contributed by atoms with E-state index in [1.807, 2.05) is 0 Å². The number of imidazole rings is 1. The van der Waals surface area contributed by atoms with Crippen LogP contribution in [-0.4, -0.2) is 9.38 Å². The Morgan fingerprint density at radius 3 is 1.77 bits per heavy atom. The number of hydrogen-bond donors (Lipinski definition) is 0. The summed E-state index contributed by atoms with van der Waals surface area (Å²) in [6.07, 6.45) is 0. The van der Waals surface area contributed by atoms with Gasteiger partial charge in [0, 0.05) is 16.8 Å². The first-order valence-corrected chi connectivity index (χ1v) is 15.9. The quantitative estimate of drug-likeness (QED) is 0.131. The van der Waals surface area contributed by atoms with Crippen molar-refractivity contribution in [1.82, 2.24) is 9.38 Å². The number of fused-ring (bicyclic) bond motifs is 9. The van der Waals surface area contributed by atoms with Gasteiger partial charge in [-0.1, -0.05) is 121 Å². The van der Waals surface area contributed by atoms with Crippen LogP contribution in [-0.2, 0) is 11.8 Å². The Hall–Kier alpha value is -4.30. The molecule has 0 aliphatic heterocycles. The highest BCUT2D eigenvalue weighted by atomic mass is 32.4. The number of rotatable bonds is 3. The molecule has 2 nitrogen and oxygen atoms in total. The van der Waals surface area contributed by atoms with Crippen molar-refractivity contribution in [3.8, 4) is 0 Å². The van der Waals surface area contributed by atoms with Crippen molar-refractivity contribution in [3.63, 3.8) is 0 Å². The molecule has 0 atom stereocenters. The predicted octanol–water partition coefficient (Wildman–Crippen LogP) is 7.70. The minimum absolute atomic E-state index is 0.981. The Labute approximate surface area is 231 Å². The summed E-state index contributed by atoms with van der Waals surface area (Å²) < 4.78 is 2.33. The molecule has 39 heavy (non-hydrogen) atoms. The van der Waals surface area contributed by atoms with Gasteiger partial charge in [0.1, 0.15) is 5.65 Å². The molecule has 0 saturated heterocycles. The van der Waals surface area contributed by atoms with Crippen LogP contribution < -0.4 is 15.9 Å². The molecule has 0 unspecified atom stereocenters. The maximum atomic E-state index is 6.71. The van der Waals surface area contributed by atoms with Gasteiger partial charge in [-0.15, -0.1) is 0 Å². The second-order valence-corrected chi connectivity index (χ2v) is 14.4. The van der Waals surface area contributed by atoms with Gasteiger partial charge >= 0.3 is 0 Å². The third-order valence-corrected chi connectivity index (χ3v) is 12.8. The van der Waals surface area contributed by atoms with Gasteiger partial charge in [0.2, 0.25) is 0 Å². The lowest BCUT2D eigenvalue weighted by molar-refractivity contribution is 1.32. The molecule has 6 aromatic carbocycles. The van der Waals surface area contributed by atoms with E-state index in [-0.39, 0.29) is 0 Å². The molecule has 0 bridgehead atoms. The lowest BCUT2D eigenvalue weighted by Gasteiger charge is -2.25. The molecule has 0 aliphatic rings. The molecule has 0 spiro atoms. The fraction of sp³-hybridized carbons (Fsp3) is 0. The van der Waals surface area contributed by atoms with Crippen molar-refractivity contribution in [3.05, 3.63) is 140 Å². The molecular weight excluding hydrogens is 511 g/mol. The van der Waals surface area contributed by atoms with Crippen LogP contribution in [0.2, 0.25) is 0 Å². The minimum Gasteiger partial charge on any atom is -0.292 e. The van der Waals surface area contributed by atoms with E-state index in [2.05, 4.69) is 144 Å². The van der Waals surface area contributed by atoms with Crippen LogP contribution in [0.1, 0.15) is 0 Å². The zero-order valence-electron chi connectivity index (χ0n) is 21.0. The zero-order chi connectivity index (χ0) is 26.0. The highest BCUT2D eigenvalue weighted by Crippen LogP contribution is 2.44. The Kier molecular flexibility index (Phi) is 5.00. The largest absolute Gasteiger partial charge is 0.292 e. The van der Waals surface area contributed by atoms with Crippen LogP contribution in [0.4, 0.5) is 0 Å². The van der Waals surface area contributed by atoms with Crippen LogP contribution in [0.3, 0.4) is 0 Å². The zero-order valence-corrected chi connectivity index (χ0v) is 22.7. The second kappa shape index (κ2) is 8.61. The summed E-state index contributed by atoms with van der Waals surface area (Å²) in [5.74, 6) is 0. The SMILES string of the molecule is S=P(c1ccccc1)(c1ccccc1)c1ccc2c3cc4ccccc4cc3c3nc4ccccc4n3c2c1. The van der Waals surface area contributed by atoms with Crippen molar-refractivity contribution in [2.24, 2.45) is 0 Å². The molecule has 0 N–H and O–H groups in total. The first-order chi connectivity index (χ1) is 19.2. The smallest absolute Gasteiger partial charge is 0.146 e. The van der Waals surface area contributed by atoms with Gasteiger partial charge in [0.25, 0.3) is 0 Å². The summed E-state index contributed by atoms with van der Waals surface area (Å²) in [7, 11) is 0. The Morgan fingerprint density at radius 1 is 0.487 bits per heavy atom. The van der Waals surface area contributed by atoms with Gasteiger partial charge in [-0.2, -0.15) is 0 Å². The topological polar surface area (TPSA) is 17.3 Å². The molecule has 2 heterocycles. The average Bonchev–Trinajstić information content (AvgIpc) is 3.41. The Balaban J connectivity index is 1.55. The third kappa shape index (κ3) is 3.34. The number of benzene rings is 6. The normalized spacial score (nSPS) is 12.2. The maximum Gasteiger partial charge on any atom is 0.146 e. The molecule has 8 aromatic rings. The minimum atomic E-state index is -2.30. The third-order valence-electron chi connectivity index (χ3n) is 7.80. The molecule has 8 rings (SSSR count). The van der Waals surface area contributed by atoms with Gasteiger partial charge in [0.15, 0.2) is 0 Å². The van der Waals surface area contributed by atoms with E-state index < -0.39 is 6.04 Å². The molecular formula is C35H23N2PS. The molecule has 0 amide bonds. The van der Waals surface area contributed by atoms with Gasteiger partial charge in [-0.25, -0.2) is 4.98 Å². The summed E-state index contributed by atoms with van der Waals surface area (Å²) in [4.78, 5) is 5.15. The molecule has 184 valence electrons. The van der Waals surface area contributed by atoms with E-state index in [9.17, 15) is 0 Å². The summed E-state index contributed by atoms with van der Waals surface area (Å²) in [5, 5.41) is 9.61. The second-order valence-electron chi connectivity index (χ2n) is 9.99. The van der Waals surface area contributed by atoms with Crippen molar-refractivity contribution < 1.29 is 0 Å². The van der Waals surface area contributed by atoms with Gasteiger partial charge in [-0.05, 0) is 62.4 Å². The van der Waals surface area contributed by atoms with Crippen LogP contribution in [0.15, 0.2) is 140 Å². The standard InChI is InChI=1S/C35H23N2PS/c39-38(26-13-3-1-4-14-26,27-15-5-2-6-16-27)28-19-20-29-30-21-24-11-7-8-12-25(24)22-31(30)35-36-32-17-9-10-18-33(32)37(35)34(29)23-28/h1-23H. The van der Waals surface area contributed by atoms with Crippen LogP contribution in [0.5, 0.6) is 0 Å². The predicted molar refractivity (Wildman–Crippen MR) is 171 cm³/mol. The number of hydrogen-bond acceptors (Lipinski definition) is 2. The van der Waals surface area contributed by atoms with E-state index in [1.54, 1.807) is 0 Å². The van der Waals surface area contributed by atoms with Gasteiger partial charge in [0.05, 0.1) is 16.6 Å². The molecule has 2 aromatic heterocycles. The van der Waals surface area contributed by atoms with Crippen molar-refractivity contribution in [1.29, 1.82) is 0 Å². The monoisotopic (exact) mass is 534 g/mol. The van der Waals surface area contributed by atoms with E-state index in [0.29, 0.717) is 0 Å². The summed E-state index contributed by atoms with van der Waals surface area (Å²) in [6.45, 7) is 0. The number of aromatic nitrogens is 2. The Bertz CT molecular complexity index is 2210. The Morgan fingerprint density at radius 2 is 1.08 bits per heavy atom. The lowest BCUT2D eigenvalue weighted by Crippen LogP contribution is -2.24. The first kappa shape index (κ1) is 22.7. The molecule has 0 saturated carbocycles. The fourth-order valence-corrected chi connectivity index (χ4v) is 9.69. The highest BCUT2D eigenvalue weighted by molar-refractivity contribution is 8.25. The van der Waals surface area contributed by atoms with E-state index in [1.165, 1.54) is 37.5 Å². The fourth-order valence-electron chi connectivity index (χ4n) is 5.95. The summed E-state index contributed by atoms with van der Waals surface area (Å²) in [6, 6.07) is 47.4. The van der Waals surface area contributed by atoms with Crippen molar-refractivity contribution in [2.45, 2.75) is 0 Å². The van der Waals surface area contributed by atoms with Crippen molar-refractivity contribution in [2.75, 3.05) is 0 Å². The highest BCUT2D eigenvalue weighted by Gasteiger charge is 2.26. The van der Waals surface area contributed by atoms with Gasteiger partial charge < -0.3 is 0 Å². The average molecular weight is 535 g/mol.